The van der Waals surface area contributed by atoms with E-state index in [1.54, 1.807) is 12.3 Å². The van der Waals surface area contributed by atoms with Gasteiger partial charge in [0, 0.05) is 33.6 Å². The van der Waals surface area contributed by atoms with Crippen molar-refractivity contribution in [3.05, 3.63) is 70.1 Å². The number of rotatable bonds is 2. The first-order valence-corrected chi connectivity index (χ1v) is 9.27. The Labute approximate surface area is 165 Å². The monoisotopic (exact) mass is 387 g/mol. The molecular formula is C22H19N4O3+. The lowest BCUT2D eigenvalue weighted by atomic mass is 9.91. The van der Waals surface area contributed by atoms with Crippen molar-refractivity contribution in [3.63, 3.8) is 0 Å². The fraction of sp³-hybridized carbons (Fsp3) is 0.136. The van der Waals surface area contributed by atoms with Gasteiger partial charge < -0.3 is 14.5 Å². The van der Waals surface area contributed by atoms with Gasteiger partial charge in [0.05, 0.1) is 22.1 Å². The maximum Gasteiger partial charge on any atom is 0.323 e. The van der Waals surface area contributed by atoms with E-state index in [-0.39, 0.29) is 5.69 Å². The van der Waals surface area contributed by atoms with Gasteiger partial charge in [-0.3, -0.25) is 5.21 Å². The molecule has 144 valence electrons. The predicted octanol–water partition coefficient (Wildman–Crippen LogP) is 3.78. The minimum atomic E-state index is -0.271. The van der Waals surface area contributed by atoms with Crippen molar-refractivity contribution < 1.29 is 14.5 Å². The lowest BCUT2D eigenvalue weighted by Gasteiger charge is -2.12. The fourth-order valence-corrected chi connectivity index (χ4v) is 4.12. The second-order valence-corrected chi connectivity index (χ2v) is 7.27. The van der Waals surface area contributed by atoms with Gasteiger partial charge in [0.2, 0.25) is 6.20 Å². The zero-order valence-corrected chi connectivity index (χ0v) is 16.2. The lowest BCUT2D eigenvalue weighted by Crippen LogP contribution is -2.29. The van der Waals surface area contributed by atoms with Crippen LogP contribution in [0.3, 0.4) is 0 Å². The Bertz CT molecular complexity index is 1450. The normalized spacial score (nSPS) is 11.6. The summed E-state index contributed by atoms with van der Waals surface area (Å²) in [5, 5.41) is 15.2. The first-order chi connectivity index (χ1) is 13.9. The van der Waals surface area contributed by atoms with Crippen LogP contribution in [-0.4, -0.2) is 20.3 Å². The molecule has 0 amide bonds. The molecule has 3 heterocycles. The van der Waals surface area contributed by atoms with Crippen molar-refractivity contribution in [3.8, 4) is 22.3 Å². The van der Waals surface area contributed by atoms with Gasteiger partial charge in [-0.25, -0.2) is 4.79 Å². The number of aryl methyl sites for hydroxylation is 3. The molecule has 0 saturated carbocycles. The van der Waals surface area contributed by atoms with E-state index in [2.05, 4.69) is 15.1 Å². The molecule has 3 aromatic heterocycles. The van der Waals surface area contributed by atoms with Crippen molar-refractivity contribution in [2.75, 3.05) is 0 Å². The summed E-state index contributed by atoms with van der Waals surface area (Å²) < 4.78 is 6.46. The summed E-state index contributed by atoms with van der Waals surface area (Å²) in [6.07, 6.45) is 1.59. The molecule has 29 heavy (non-hydrogen) atoms. The standard InChI is InChI=1S/C22H18N4O3/c1-11-6-7-18-15(5-4-8-26(18)28)19(11)16-9-14(20-12(2)25-29-13(20)3)10-17-21(16)24-22(27)23-17/h4-10,28H,1-3H3,(H,23,27)/p+1. The molecule has 3 N–H and O–H groups in total. The number of H-pyrrole nitrogens is 2. The third-order valence-corrected chi connectivity index (χ3v) is 5.38. The Morgan fingerprint density at radius 2 is 1.90 bits per heavy atom. The minimum Gasteiger partial charge on any atom is -0.361 e. The van der Waals surface area contributed by atoms with Crippen LogP contribution in [-0.2, 0) is 0 Å². The number of pyridine rings is 1. The predicted molar refractivity (Wildman–Crippen MR) is 109 cm³/mol. The molecule has 2 aromatic carbocycles. The zero-order valence-electron chi connectivity index (χ0n) is 16.2. The van der Waals surface area contributed by atoms with Crippen molar-refractivity contribution in [2.24, 2.45) is 0 Å². The number of nitrogens with zero attached hydrogens (tertiary/aromatic N) is 2. The van der Waals surface area contributed by atoms with Gasteiger partial charge in [-0.05, 0) is 50.1 Å². The number of hydrogen-bond donors (Lipinski definition) is 3. The summed E-state index contributed by atoms with van der Waals surface area (Å²) in [5.74, 6) is 0.716. The van der Waals surface area contributed by atoms with Gasteiger partial charge in [0.1, 0.15) is 5.76 Å². The van der Waals surface area contributed by atoms with Crippen LogP contribution in [0.2, 0.25) is 0 Å². The number of nitrogens with one attached hydrogen (secondary N) is 2. The topological polar surface area (TPSA) is 98.8 Å². The van der Waals surface area contributed by atoms with E-state index >= 15 is 0 Å². The maximum atomic E-state index is 12.1. The smallest absolute Gasteiger partial charge is 0.323 e. The first-order valence-electron chi connectivity index (χ1n) is 9.27. The van der Waals surface area contributed by atoms with Crippen molar-refractivity contribution in [1.82, 2.24) is 15.1 Å². The Morgan fingerprint density at radius 1 is 1.07 bits per heavy atom. The zero-order chi connectivity index (χ0) is 20.3. The van der Waals surface area contributed by atoms with Crippen LogP contribution in [0, 0.1) is 20.8 Å². The van der Waals surface area contributed by atoms with E-state index in [0.717, 1.165) is 49.1 Å². The molecule has 0 radical (unpaired) electrons. The van der Waals surface area contributed by atoms with Crippen LogP contribution in [0.5, 0.6) is 0 Å². The Hall–Kier alpha value is -3.87. The lowest BCUT2D eigenvalue weighted by molar-refractivity contribution is -0.884. The summed E-state index contributed by atoms with van der Waals surface area (Å²) in [5.41, 5.74) is 7.27. The third kappa shape index (κ3) is 2.55. The van der Waals surface area contributed by atoms with Crippen LogP contribution in [0.25, 0.3) is 44.2 Å². The number of benzene rings is 2. The Balaban J connectivity index is 1.94. The van der Waals surface area contributed by atoms with Crippen molar-refractivity contribution >= 4 is 21.9 Å². The SMILES string of the molecule is Cc1ccc2c(ccc[n+]2O)c1-c1cc(-c2c(C)noc2C)cc2[nH]c(=O)[nH]c12. The summed E-state index contributed by atoms with van der Waals surface area (Å²) in [6.45, 7) is 5.78. The molecule has 7 nitrogen and oxygen atoms in total. The highest BCUT2D eigenvalue weighted by Gasteiger charge is 2.20. The number of imidazole rings is 1. The molecule has 5 aromatic rings. The van der Waals surface area contributed by atoms with Crippen LogP contribution in [0.1, 0.15) is 17.0 Å². The molecule has 0 fully saturated rings. The van der Waals surface area contributed by atoms with Crippen LogP contribution in [0.4, 0.5) is 0 Å². The maximum absolute atomic E-state index is 12.1. The minimum absolute atomic E-state index is 0.271. The Kier molecular flexibility index (Phi) is 3.61. The van der Waals surface area contributed by atoms with Crippen LogP contribution >= 0.6 is 0 Å². The second-order valence-electron chi connectivity index (χ2n) is 7.27. The summed E-state index contributed by atoms with van der Waals surface area (Å²) in [6, 6.07) is 11.6. The van der Waals surface area contributed by atoms with Gasteiger partial charge in [0.15, 0.2) is 0 Å². The molecule has 7 heteroatoms. The van der Waals surface area contributed by atoms with Crippen LogP contribution in [0.15, 0.2) is 51.9 Å². The number of hydrogen-bond acceptors (Lipinski definition) is 4. The molecule has 0 aliphatic heterocycles. The molecule has 0 atom stereocenters. The molecule has 0 spiro atoms. The quantitative estimate of drug-likeness (QED) is 0.317. The molecule has 0 unspecified atom stereocenters. The van der Waals surface area contributed by atoms with E-state index < -0.39 is 0 Å². The Morgan fingerprint density at radius 3 is 2.66 bits per heavy atom. The summed E-state index contributed by atoms with van der Waals surface area (Å²) in [4.78, 5) is 17.9. The van der Waals surface area contributed by atoms with E-state index in [4.69, 9.17) is 4.52 Å². The van der Waals surface area contributed by atoms with E-state index in [1.165, 1.54) is 0 Å². The highest BCUT2D eigenvalue weighted by Crippen LogP contribution is 2.38. The van der Waals surface area contributed by atoms with Crippen LogP contribution < -0.4 is 10.4 Å². The molecule has 5 rings (SSSR count). The van der Waals surface area contributed by atoms with Gasteiger partial charge in [-0.1, -0.05) is 11.2 Å². The van der Waals surface area contributed by atoms with Crippen molar-refractivity contribution in [2.45, 2.75) is 20.8 Å². The number of aromatic amines is 2. The molecular weight excluding hydrogens is 368 g/mol. The van der Waals surface area contributed by atoms with E-state index in [9.17, 15) is 10.0 Å². The van der Waals surface area contributed by atoms with E-state index in [1.807, 2.05) is 51.1 Å². The highest BCUT2D eigenvalue weighted by atomic mass is 16.5. The average Bonchev–Trinajstić information content (AvgIpc) is 3.22. The fourth-order valence-electron chi connectivity index (χ4n) is 4.12. The molecule has 0 aliphatic rings. The molecule has 0 saturated heterocycles. The van der Waals surface area contributed by atoms with Gasteiger partial charge in [-0.15, -0.1) is 0 Å². The second kappa shape index (κ2) is 6.07. The number of fused-ring (bicyclic) bond motifs is 2. The largest absolute Gasteiger partial charge is 0.361 e. The first kappa shape index (κ1) is 17.2. The van der Waals surface area contributed by atoms with Gasteiger partial charge in [-0.2, -0.15) is 0 Å². The van der Waals surface area contributed by atoms with E-state index in [0.29, 0.717) is 16.8 Å². The molecule has 0 aliphatic carbocycles. The number of aromatic nitrogens is 4. The third-order valence-electron chi connectivity index (χ3n) is 5.38. The van der Waals surface area contributed by atoms with Gasteiger partial charge >= 0.3 is 5.69 Å². The summed E-state index contributed by atoms with van der Waals surface area (Å²) in [7, 11) is 0. The van der Waals surface area contributed by atoms with Crippen molar-refractivity contribution in [1.29, 1.82) is 0 Å². The molecule has 0 bridgehead atoms. The average molecular weight is 387 g/mol. The van der Waals surface area contributed by atoms with Gasteiger partial charge in [0.25, 0.3) is 5.52 Å². The highest BCUT2D eigenvalue weighted by molar-refractivity contribution is 6.04. The summed E-state index contributed by atoms with van der Waals surface area (Å²) >= 11 is 0.